The molecule has 0 amide bonds. The van der Waals surface area contributed by atoms with Crippen LogP contribution in [0.5, 0.6) is 0 Å². The highest BCUT2D eigenvalue weighted by Crippen LogP contribution is 2.22. The van der Waals surface area contributed by atoms with Crippen molar-refractivity contribution >= 4 is 17.6 Å². The van der Waals surface area contributed by atoms with E-state index in [1.807, 2.05) is 0 Å². The highest BCUT2D eigenvalue weighted by Gasteiger charge is 2.12. The molecule has 1 aliphatic rings. The second-order valence-electron chi connectivity index (χ2n) is 4.03. The summed E-state index contributed by atoms with van der Waals surface area (Å²) in [7, 11) is 0. The Labute approximate surface area is 100 Å². The van der Waals surface area contributed by atoms with Crippen LogP contribution in [0.2, 0.25) is 0 Å². The Morgan fingerprint density at radius 1 is 1.38 bits per heavy atom. The summed E-state index contributed by atoms with van der Waals surface area (Å²) in [5.41, 5.74) is 5.73. The van der Waals surface area contributed by atoms with Gasteiger partial charge in [-0.25, -0.2) is 9.97 Å². The second kappa shape index (κ2) is 6.06. The van der Waals surface area contributed by atoms with Gasteiger partial charge in [-0.15, -0.1) is 11.8 Å². The van der Waals surface area contributed by atoms with Gasteiger partial charge in [0.25, 0.3) is 0 Å². The molecule has 16 heavy (non-hydrogen) atoms. The van der Waals surface area contributed by atoms with E-state index in [0.29, 0.717) is 11.9 Å². The van der Waals surface area contributed by atoms with Gasteiger partial charge in [0.15, 0.2) is 5.82 Å². The molecule has 3 N–H and O–H groups in total. The summed E-state index contributed by atoms with van der Waals surface area (Å²) in [6, 6.07) is 0.680. The summed E-state index contributed by atoms with van der Waals surface area (Å²) in [5.74, 6) is 1.60. The number of piperidine rings is 1. The maximum Gasteiger partial charge on any atom is 0.156 e. The van der Waals surface area contributed by atoms with E-state index in [9.17, 15) is 0 Å². The Morgan fingerprint density at radius 2 is 2.25 bits per heavy atom. The van der Waals surface area contributed by atoms with Crippen LogP contribution in [-0.4, -0.2) is 28.3 Å². The van der Waals surface area contributed by atoms with Crippen LogP contribution < -0.4 is 11.1 Å². The molecule has 1 unspecified atom stereocenters. The monoisotopic (exact) mass is 238 g/mol. The van der Waals surface area contributed by atoms with Crippen LogP contribution >= 0.6 is 11.8 Å². The average molecular weight is 238 g/mol. The molecule has 0 saturated carbocycles. The minimum absolute atomic E-state index is 0.545. The fourth-order valence-corrected chi connectivity index (χ4v) is 2.85. The maximum atomic E-state index is 5.73. The third-order valence-corrected chi connectivity index (χ3v) is 3.84. The third kappa shape index (κ3) is 3.35. The molecular weight excluding hydrogens is 220 g/mol. The molecule has 0 aliphatic carbocycles. The van der Waals surface area contributed by atoms with Crippen molar-refractivity contribution in [3.63, 3.8) is 0 Å². The van der Waals surface area contributed by atoms with Crippen molar-refractivity contribution in [2.24, 2.45) is 0 Å². The van der Waals surface area contributed by atoms with Crippen molar-refractivity contribution in [3.8, 4) is 0 Å². The van der Waals surface area contributed by atoms with Crippen LogP contribution in [0.1, 0.15) is 25.7 Å². The highest BCUT2D eigenvalue weighted by atomic mass is 32.2. The summed E-state index contributed by atoms with van der Waals surface area (Å²) in [4.78, 5) is 8.24. The van der Waals surface area contributed by atoms with Gasteiger partial charge in [-0.2, -0.15) is 0 Å². The molecule has 0 radical (unpaired) electrons. The Kier molecular flexibility index (Phi) is 4.42. The van der Waals surface area contributed by atoms with Gasteiger partial charge in [0.1, 0.15) is 5.03 Å². The molecule has 0 bridgehead atoms. The van der Waals surface area contributed by atoms with Crippen LogP contribution in [0.25, 0.3) is 0 Å². The van der Waals surface area contributed by atoms with E-state index in [4.69, 9.17) is 5.73 Å². The molecule has 5 heteroatoms. The first kappa shape index (κ1) is 11.7. The highest BCUT2D eigenvalue weighted by molar-refractivity contribution is 7.99. The number of nitrogens with two attached hydrogens (primary N) is 1. The normalized spacial score (nSPS) is 20.9. The van der Waals surface area contributed by atoms with Crippen molar-refractivity contribution in [3.05, 3.63) is 12.4 Å². The molecule has 88 valence electrons. The average Bonchev–Trinajstić information content (AvgIpc) is 2.33. The van der Waals surface area contributed by atoms with Gasteiger partial charge in [-0.05, 0) is 25.8 Å². The predicted octanol–water partition coefficient (Wildman–Crippen LogP) is 1.68. The summed E-state index contributed by atoms with van der Waals surface area (Å²) >= 11 is 1.70. The summed E-state index contributed by atoms with van der Waals surface area (Å²) in [5, 5.41) is 4.40. The summed E-state index contributed by atoms with van der Waals surface area (Å²) in [6.45, 7) is 1.17. The molecule has 4 nitrogen and oxygen atoms in total. The minimum Gasteiger partial charge on any atom is -0.381 e. The number of hydrogen-bond acceptors (Lipinski definition) is 5. The van der Waals surface area contributed by atoms with Crippen LogP contribution in [0.4, 0.5) is 5.82 Å². The number of nitrogens with one attached hydrogen (secondary N) is 1. The topological polar surface area (TPSA) is 63.8 Å². The van der Waals surface area contributed by atoms with E-state index in [2.05, 4.69) is 15.3 Å². The first-order chi connectivity index (χ1) is 7.86. The van der Waals surface area contributed by atoms with Gasteiger partial charge >= 0.3 is 0 Å². The van der Waals surface area contributed by atoms with E-state index in [0.717, 1.165) is 10.8 Å². The largest absolute Gasteiger partial charge is 0.381 e. The van der Waals surface area contributed by atoms with Crippen LogP contribution in [-0.2, 0) is 0 Å². The van der Waals surface area contributed by atoms with Gasteiger partial charge in [0.05, 0.1) is 0 Å². The summed E-state index contributed by atoms with van der Waals surface area (Å²) < 4.78 is 0. The smallest absolute Gasteiger partial charge is 0.156 e. The number of hydrogen-bond donors (Lipinski definition) is 2. The maximum absolute atomic E-state index is 5.73. The van der Waals surface area contributed by atoms with Gasteiger partial charge < -0.3 is 11.1 Å². The molecule has 1 aromatic heterocycles. The summed E-state index contributed by atoms with van der Waals surface area (Å²) in [6.07, 6.45) is 8.48. The molecule has 1 aliphatic heterocycles. The van der Waals surface area contributed by atoms with Crippen molar-refractivity contribution in [2.45, 2.75) is 36.8 Å². The number of thioether (sulfide) groups is 1. The van der Waals surface area contributed by atoms with E-state index < -0.39 is 0 Å². The standard InChI is InChI=1S/C11H18N4S/c12-10-11(15-7-6-14-10)16-8-4-9-3-1-2-5-13-9/h6-7,9,13H,1-5,8H2,(H2,12,14). The molecule has 2 rings (SSSR count). The van der Waals surface area contributed by atoms with E-state index in [1.165, 1.54) is 32.2 Å². The lowest BCUT2D eigenvalue weighted by molar-refractivity contribution is 0.394. The lowest BCUT2D eigenvalue weighted by Gasteiger charge is -2.23. The molecule has 0 spiro atoms. The Bertz CT molecular complexity index is 326. The van der Waals surface area contributed by atoms with Crippen LogP contribution in [0, 0.1) is 0 Å². The first-order valence-corrected chi connectivity index (χ1v) is 6.77. The van der Waals surface area contributed by atoms with E-state index in [1.54, 1.807) is 24.2 Å². The fraction of sp³-hybridized carbons (Fsp3) is 0.636. The number of nitrogens with zero attached hydrogens (tertiary/aromatic N) is 2. The van der Waals surface area contributed by atoms with Gasteiger partial charge in [-0.3, -0.25) is 0 Å². The van der Waals surface area contributed by atoms with Crippen molar-refractivity contribution in [1.29, 1.82) is 0 Å². The third-order valence-electron chi connectivity index (χ3n) is 2.81. The molecule has 0 aromatic carbocycles. The van der Waals surface area contributed by atoms with E-state index >= 15 is 0 Å². The molecule has 1 fully saturated rings. The van der Waals surface area contributed by atoms with Gasteiger partial charge in [0, 0.05) is 24.2 Å². The molecule has 1 atom stereocenters. The number of rotatable bonds is 4. The lowest BCUT2D eigenvalue weighted by atomic mass is 10.0. The SMILES string of the molecule is Nc1nccnc1SCCC1CCCCN1. The lowest BCUT2D eigenvalue weighted by Crippen LogP contribution is -2.34. The molecule has 1 aromatic rings. The minimum atomic E-state index is 0.545. The number of nitrogen functional groups attached to an aromatic ring is 1. The number of aromatic nitrogens is 2. The Hall–Kier alpha value is -0.810. The molecule has 2 heterocycles. The van der Waals surface area contributed by atoms with Crippen molar-refractivity contribution in [1.82, 2.24) is 15.3 Å². The Balaban J connectivity index is 1.73. The van der Waals surface area contributed by atoms with Gasteiger partial charge in [-0.1, -0.05) is 6.42 Å². The Morgan fingerprint density at radius 3 is 3.00 bits per heavy atom. The van der Waals surface area contributed by atoms with Crippen molar-refractivity contribution in [2.75, 3.05) is 18.0 Å². The molecular formula is C11H18N4S. The quantitative estimate of drug-likeness (QED) is 0.781. The zero-order valence-electron chi connectivity index (χ0n) is 9.35. The number of anilines is 1. The van der Waals surface area contributed by atoms with Gasteiger partial charge in [0.2, 0.25) is 0 Å². The van der Waals surface area contributed by atoms with Crippen molar-refractivity contribution < 1.29 is 0 Å². The zero-order valence-corrected chi connectivity index (χ0v) is 10.2. The first-order valence-electron chi connectivity index (χ1n) is 5.79. The second-order valence-corrected chi connectivity index (χ2v) is 5.11. The fourth-order valence-electron chi connectivity index (χ4n) is 1.92. The van der Waals surface area contributed by atoms with Crippen LogP contribution in [0.3, 0.4) is 0 Å². The zero-order chi connectivity index (χ0) is 11.2. The van der Waals surface area contributed by atoms with E-state index in [-0.39, 0.29) is 0 Å². The van der Waals surface area contributed by atoms with Crippen LogP contribution in [0.15, 0.2) is 17.4 Å². The predicted molar refractivity (Wildman–Crippen MR) is 67.4 cm³/mol. The molecule has 1 saturated heterocycles.